The van der Waals surface area contributed by atoms with Gasteiger partial charge in [-0.05, 0) is 25.8 Å². The molecule has 3 nitrogen and oxygen atoms in total. The van der Waals surface area contributed by atoms with Gasteiger partial charge in [-0.2, -0.15) is 0 Å². The van der Waals surface area contributed by atoms with Gasteiger partial charge in [0.05, 0.1) is 5.41 Å². The number of carbonyl (C=O) groups is 1. The molecular weight excluding hydrogens is 188 g/mol. The molecule has 2 N–H and O–H groups in total. The van der Waals surface area contributed by atoms with Gasteiger partial charge in [-0.3, -0.25) is 4.79 Å². The zero-order valence-corrected chi connectivity index (χ0v) is 9.97. The molecule has 0 aromatic rings. The second kappa shape index (κ2) is 4.79. The summed E-state index contributed by atoms with van der Waals surface area (Å²) >= 11 is 0. The zero-order chi connectivity index (χ0) is 11.5. The van der Waals surface area contributed by atoms with Crippen LogP contribution in [0, 0.1) is 11.3 Å². The quantitative estimate of drug-likeness (QED) is 0.687. The Balaban J connectivity index is 2.72. The molecule has 2 atom stereocenters. The van der Waals surface area contributed by atoms with E-state index in [-0.39, 0.29) is 17.4 Å². The van der Waals surface area contributed by atoms with E-state index in [1.807, 2.05) is 6.92 Å². The number of rotatable bonds is 4. The van der Waals surface area contributed by atoms with Crippen molar-refractivity contribution in [2.24, 2.45) is 11.3 Å². The van der Waals surface area contributed by atoms with Crippen LogP contribution in [0.15, 0.2) is 12.7 Å². The highest BCUT2D eigenvalue weighted by Gasteiger charge is 2.43. The van der Waals surface area contributed by atoms with Gasteiger partial charge in [-0.1, -0.05) is 19.9 Å². The molecule has 0 bridgehead atoms. The highest BCUT2D eigenvalue weighted by molar-refractivity contribution is 5.84. The Morgan fingerprint density at radius 3 is 2.60 bits per heavy atom. The third-order valence-corrected chi connectivity index (χ3v) is 3.46. The predicted molar refractivity (Wildman–Crippen MR) is 62.6 cm³/mol. The molecule has 15 heavy (non-hydrogen) atoms. The maximum atomic E-state index is 12.2. The minimum atomic E-state index is -0.225. The lowest BCUT2D eigenvalue weighted by Gasteiger charge is -2.32. The van der Waals surface area contributed by atoms with E-state index in [0.717, 1.165) is 19.5 Å². The van der Waals surface area contributed by atoms with E-state index in [4.69, 9.17) is 0 Å². The standard InChI is InChI=1S/C12H22N2O/c1-5-10(4)14-11(15)12(9(2)3)6-7-13-8-12/h5,9-10,13H,1,6-8H2,2-4H3,(H,14,15). The van der Waals surface area contributed by atoms with Crippen molar-refractivity contribution in [3.63, 3.8) is 0 Å². The lowest BCUT2D eigenvalue weighted by Crippen LogP contribution is -2.48. The van der Waals surface area contributed by atoms with E-state index in [1.54, 1.807) is 6.08 Å². The first kappa shape index (κ1) is 12.2. The molecule has 1 heterocycles. The SMILES string of the molecule is C=CC(C)NC(=O)C1(C(C)C)CCNC1. The van der Waals surface area contributed by atoms with E-state index in [0.29, 0.717) is 5.92 Å². The maximum Gasteiger partial charge on any atom is 0.228 e. The largest absolute Gasteiger partial charge is 0.350 e. The fourth-order valence-corrected chi connectivity index (χ4v) is 2.07. The second-order valence-corrected chi connectivity index (χ2v) is 4.74. The van der Waals surface area contributed by atoms with Crippen molar-refractivity contribution in [1.29, 1.82) is 0 Å². The molecule has 0 spiro atoms. The Bertz CT molecular complexity index is 242. The maximum absolute atomic E-state index is 12.2. The van der Waals surface area contributed by atoms with Crippen molar-refractivity contribution >= 4 is 5.91 Å². The molecular formula is C12H22N2O. The lowest BCUT2D eigenvalue weighted by molar-refractivity contribution is -0.132. The van der Waals surface area contributed by atoms with Gasteiger partial charge >= 0.3 is 0 Å². The molecule has 86 valence electrons. The summed E-state index contributed by atoms with van der Waals surface area (Å²) in [6.07, 6.45) is 2.69. The van der Waals surface area contributed by atoms with E-state index in [9.17, 15) is 4.79 Å². The topological polar surface area (TPSA) is 41.1 Å². The normalized spacial score (nSPS) is 27.7. The zero-order valence-electron chi connectivity index (χ0n) is 9.97. The fourth-order valence-electron chi connectivity index (χ4n) is 2.07. The van der Waals surface area contributed by atoms with Crippen molar-refractivity contribution in [1.82, 2.24) is 10.6 Å². The Labute approximate surface area is 92.3 Å². The van der Waals surface area contributed by atoms with Crippen molar-refractivity contribution in [3.05, 3.63) is 12.7 Å². The van der Waals surface area contributed by atoms with E-state index in [2.05, 4.69) is 31.1 Å². The van der Waals surface area contributed by atoms with Gasteiger partial charge in [0.25, 0.3) is 0 Å². The molecule has 1 saturated heterocycles. The average molecular weight is 210 g/mol. The van der Waals surface area contributed by atoms with Gasteiger partial charge in [0.15, 0.2) is 0 Å². The van der Waals surface area contributed by atoms with E-state index < -0.39 is 0 Å². The average Bonchev–Trinajstić information content (AvgIpc) is 2.67. The van der Waals surface area contributed by atoms with Crippen molar-refractivity contribution in [2.45, 2.75) is 33.2 Å². The van der Waals surface area contributed by atoms with Gasteiger partial charge < -0.3 is 10.6 Å². The van der Waals surface area contributed by atoms with Gasteiger partial charge in [0, 0.05) is 12.6 Å². The van der Waals surface area contributed by atoms with E-state index in [1.165, 1.54) is 0 Å². The monoisotopic (exact) mass is 210 g/mol. The third-order valence-electron chi connectivity index (χ3n) is 3.46. The van der Waals surface area contributed by atoms with Crippen LogP contribution >= 0.6 is 0 Å². The van der Waals surface area contributed by atoms with Crippen LogP contribution in [0.4, 0.5) is 0 Å². The molecule has 2 unspecified atom stereocenters. The summed E-state index contributed by atoms with van der Waals surface area (Å²) in [6.45, 7) is 11.6. The van der Waals surface area contributed by atoms with Crippen LogP contribution in [0.25, 0.3) is 0 Å². The summed E-state index contributed by atoms with van der Waals surface area (Å²) < 4.78 is 0. The van der Waals surface area contributed by atoms with Crippen molar-refractivity contribution in [2.75, 3.05) is 13.1 Å². The number of nitrogens with one attached hydrogen (secondary N) is 2. The summed E-state index contributed by atoms with van der Waals surface area (Å²) in [5, 5.41) is 6.28. The minimum Gasteiger partial charge on any atom is -0.350 e. The third kappa shape index (κ3) is 2.40. The Morgan fingerprint density at radius 2 is 2.20 bits per heavy atom. The smallest absolute Gasteiger partial charge is 0.228 e. The molecule has 1 rings (SSSR count). The molecule has 0 aromatic heterocycles. The number of amides is 1. The Morgan fingerprint density at radius 1 is 1.53 bits per heavy atom. The van der Waals surface area contributed by atoms with Crippen LogP contribution < -0.4 is 10.6 Å². The molecule has 0 saturated carbocycles. The summed E-state index contributed by atoms with van der Waals surface area (Å²) in [7, 11) is 0. The van der Waals surface area contributed by atoms with Gasteiger partial charge in [-0.15, -0.1) is 6.58 Å². The summed E-state index contributed by atoms with van der Waals surface area (Å²) in [4.78, 5) is 12.2. The highest BCUT2D eigenvalue weighted by Crippen LogP contribution is 2.34. The Hall–Kier alpha value is -0.830. The number of hydrogen-bond donors (Lipinski definition) is 2. The van der Waals surface area contributed by atoms with Gasteiger partial charge in [0.1, 0.15) is 0 Å². The van der Waals surface area contributed by atoms with Crippen LogP contribution in [0.3, 0.4) is 0 Å². The molecule has 3 heteroatoms. The van der Waals surface area contributed by atoms with Crippen LogP contribution in [0.5, 0.6) is 0 Å². The molecule has 0 aliphatic carbocycles. The summed E-state index contributed by atoms with van der Waals surface area (Å²) in [5.74, 6) is 0.527. The van der Waals surface area contributed by atoms with Crippen molar-refractivity contribution in [3.8, 4) is 0 Å². The molecule has 0 radical (unpaired) electrons. The van der Waals surface area contributed by atoms with Gasteiger partial charge in [-0.25, -0.2) is 0 Å². The first-order valence-corrected chi connectivity index (χ1v) is 5.67. The molecule has 1 fully saturated rings. The van der Waals surface area contributed by atoms with Gasteiger partial charge in [0.2, 0.25) is 5.91 Å². The minimum absolute atomic E-state index is 0.0497. The second-order valence-electron chi connectivity index (χ2n) is 4.74. The first-order chi connectivity index (χ1) is 7.03. The summed E-state index contributed by atoms with van der Waals surface area (Å²) in [6, 6.07) is 0.0497. The summed E-state index contributed by atoms with van der Waals surface area (Å²) in [5.41, 5.74) is -0.225. The molecule has 1 amide bonds. The van der Waals surface area contributed by atoms with Crippen LogP contribution in [-0.4, -0.2) is 25.0 Å². The van der Waals surface area contributed by atoms with Crippen LogP contribution in [0.2, 0.25) is 0 Å². The van der Waals surface area contributed by atoms with Crippen LogP contribution in [0.1, 0.15) is 27.2 Å². The predicted octanol–water partition coefficient (Wildman–Crippen LogP) is 1.31. The highest BCUT2D eigenvalue weighted by atomic mass is 16.2. The van der Waals surface area contributed by atoms with Crippen LogP contribution in [-0.2, 0) is 4.79 Å². The van der Waals surface area contributed by atoms with E-state index >= 15 is 0 Å². The molecule has 0 aromatic carbocycles. The molecule has 1 aliphatic rings. The fraction of sp³-hybridized carbons (Fsp3) is 0.750. The Kier molecular flexibility index (Phi) is 3.91. The first-order valence-electron chi connectivity index (χ1n) is 5.67. The van der Waals surface area contributed by atoms with Crippen molar-refractivity contribution < 1.29 is 4.79 Å². The number of carbonyl (C=O) groups excluding carboxylic acids is 1. The number of hydrogen-bond acceptors (Lipinski definition) is 2. The lowest BCUT2D eigenvalue weighted by atomic mass is 9.75. The molecule has 1 aliphatic heterocycles.